The van der Waals surface area contributed by atoms with E-state index in [2.05, 4.69) is 120 Å². The molecular formula is C45H59N7. The Morgan fingerprint density at radius 1 is 0.385 bits per heavy atom. The number of aromatic nitrogens is 5. The van der Waals surface area contributed by atoms with Crippen LogP contribution in [0.5, 0.6) is 0 Å². The van der Waals surface area contributed by atoms with Crippen molar-refractivity contribution in [2.75, 3.05) is 9.80 Å². The zero-order valence-electron chi connectivity index (χ0n) is 32.8. The minimum Gasteiger partial charge on any atom is -0.262 e. The Hall–Kier alpha value is -4.65. The van der Waals surface area contributed by atoms with Crippen molar-refractivity contribution >= 4 is 34.9 Å². The molecule has 5 rings (SSSR count). The monoisotopic (exact) mass is 697 g/mol. The van der Waals surface area contributed by atoms with Crippen LogP contribution in [0.1, 0.15) is 103 Å². The van der Waals surface area contributed by atoms with Crippen molar-refractivity contribution in [3.05, 3.63) is 114 Å². The van der Waals surface area contributed by atoms with Gasteiger partial charge in [-0.3, -0.25) is 9.80 Å². The number of pyridine rings is 5. The Bertz CT molecular complexity index is 1610. The highest BCUT2D eigenvalue weighted by atomic mass is 15.3. The van der Waals surface area contributed by atoms with Gasteiger partial charge in [-0.2, -0.15) is 0 Å². The summed E-state index contributed by atoms with van der Waals surface area (Å²) in [6.07, 6.45) is 16.1. The van der Waals surface area contributed by atoms with Crippen molar-refractivity contribution in [2.24, 2.45) is 23.7 Å². The molecule has 0 aliphatic heterocycles. The first kappa shape index (κ1) is 38.6. The van der Waals surface area contributed by atoms with Crippen molar-refractivity contribution in [3.8, 4) is 0 Å². The van der Waals surface area contributed by atoms with Crippen LogP contribution in [-0.2, 0) is 25.7 Å². The van der Waals surface area contributed by atoms with Gasteiger partial charge in [0.15, 0.2) is 0 Å². The molecule has 7 heteroatoms. The standard InChI is InChI=1S/C45H59N7/c1-32(2)12-16-36-20-24-46-42(28-36)51(43-29-37(21-25-47-43)17-13-33(3)4)40-10-9-11-41(50-40)52(44-30-38(22-26-48-44)18-14-34(5)6)45-31-39(23-27-49-45)19-15-35(7)8/h9-11,20-35H,12-19H2,1-8H3. The lowest BCUT2D eigenvalue weighted by atomic mass is 10.0. The van der Waals surface area contributed by atoms with Crippen LogP contribution in [0.3, 0.4) is 0 Å². The SMILES string of the molecule is CC(C)CCc1ccnc(N(c2cc(CCC(C)C)ccn2)c2cccc(N(c3cc(CCC(C)C)ccn3)c3cc(CCC(C)C)ccn3)n2)c1. The molecule has 0 N–H and O–H groups in total. The highest BCUT2D eigenvalue weighted by Crippen LogP contribution is 2.37. The van der Waals surface area contributed by atoms with E-state index in [4.69, 9.17) is 24.9 Å². The number of aryl methyl sites for hydroxylation is 4. The average Bonchev–Trinajstić information content (AvgIpc) is 3.13. The van der Waals surface area contributed by atoms with Gasteiger partial charge in [0.1, 0.15) is 34.9 Å². The van der Waals surface area contributed by atoms with Gasteiger partial charge in [0.05, 0.1) is 0 Å². The topological polar surface area (TPSA) is 70.9 Å². The minimum absolute atomic E-state index is 0.617. The van der Waals surface area contributed by atoms with Gasteiger partial charge in [-0.05, 0) is 158 Å². The summed E-state index contributed by atoms with van der Waals surface area (Å²) in [5, 5.41) is 0. The quantitative estimate of drug-likeness (QED) is 0.0902. The molecule has 7 nitrogen and oxygen atoms in total. The zero-order chi connectivity index (χ0) is 37.0. The first-order valence-corrected chi connectivity index (χ1v) is 19.4. The molecular weight excluding hydrogens is 639 g/mol. The van der Waals surface area contributed by atoms with Crippen molar-refractivity contribution in [3.63, 3.8) is 0 Å². The molecule has 0 saturated carbocycles. The number of hydrogen-bond donors (Lipinski definition) is 0. The van der Waals surface area contributed by atoms with Gasteiger partial charge < -0.3 is 0 Å². The molecule has 52 heavy (non-hydrogen) atoms. The number of anilines is 6. The molecule has 5 aromatic rings. The van der Waals surface area contributed by atoms with Crippen LogP contribution < -0.4 is 9.80 Å². The number of rotatable bonds is 18. The minimum atomic E-state index is 0.617. The fraction of sp³-hybridized carbons (Fsp3) is 0.444. The maximum atomic E-state index is 5.39. The largest absolute Gasteiger partial charge is 0.262 e. The van der Waals surface area contributed by atoms with Crippen LogP contribution in [0.4, 0.5) is 34.9 Å². The molecule has 0 unspecified atom stereocenters. The third kappa shape index (κ3) is 11.2. The molecule has 0 aromatic carbocycles. The lowest BCUT2D eigenvalue weighted by Crippen LogP contribution is -2.19. The van der Waals surface area contributed by atoms with Crippen molar-refractivity contribution in [1.29, 1.82) is 0 Å². The van der Waals surface area contributed by atoms with Gasteiger partial charge in [0.25, 0.3) is 0 Å². The molecule has 5 aromatic heterocycles. The highest BCUT2D eigenvalue weighted by Gasteiger charge is 2.22. The lowest BCUT2D eigenvalue weighted by Gasteiger charge is -2.26. The molecule has 0 spiro atoms. The van der Waals surface area contributed by atoms with Crippen LogP contribution in [0.2, 0.25) is 0 Å². The van der Waals surface area contributed by atoms with Gasteiger partial charge in [-0.1, -0.05) is 61.5 Å². The summed E-state index contributed by atoms with van der Waals surface area (Å²) < 4.78 is 0. The second-order valence-electron chi connectivity index (χ2n) is 15.8. The van der Waals surface area contributed by atoms with Crippen LogP contribution in [0.25, 0.3) is 0 Å². The van der Waals surface area contributed by atoms with Crippen LogP contribution in [0, 0.1) is 23.7 Å². The highest BCUT2D eigenvalue weighted by molar-refractivity contribution is 5.75. The fourth-order valence-corrected chi connectivity index (χ4v) is 6.14. The molecule has 0 radical (unpaired) electrons. The molecule has 0 amide bonds. The van der Waals surface area contributed by atoms with Crippen LogP contribution in [0.15, 0.2) is 91.5 Å². The van der Waals surface area contributed by atoms with Gasteiger partial charge >= 0.3 is 0 Å². The molecule has 5 heterocycles. The Kier molecular flexibility index (Phi) is 13.9. The number of nitrogens with zero attached hydrogens (tertiary/aromatic N) is 7. The van der Waals surface area contributed by atoms with E-state index < -0.39 is 0 Å². The third-order valence-corrected chi connectivity index (χ3v) is 9.38. The molecule has 0 aliphatic carbocycles. The first-order chi connectivity index (χ1) is 25.0. The summed E-state index contributed by atoms with van der Waals surface area (Å²) in [5.41, 5.74) is 5.01. The van der Waals surface area contributed by atoms with Crippen molar-refractivity contribution in [2.45, 2.75) is 107 Å². The fourth-order valence-electron chi connectivity index (χ4n) is 6.14. The molecule has 274 valence electrons. The number of hydrogen-bond acceptors (Lipinski definition) is 7. The Morgan fingerprint density at radius 2 is 0.654 bits per heavy atom. The maximum absolute atomic E-state index is 5.39. The summed E-state index contributed by atoms with van der Waals surface area (Å²) in [7, 11) is 0. The van der Waals surface area contributed by atoms with Crippen LogP contribution >= 0.6 is 0 Å². The summed E-state index contributed by atoms with van der Waals surface area (Å²) in [4.78, 5) is 29.2. The van der Waals surface area contributed by atoms with Gasteiger partial charge in [0.2, 0.25) is 0 Å². The molecule has 0 aliphatic rings. The first-order valence-electron chi connectivity index (χ1n) is 19.4. The summed E-state index contributed by atoms with van der Waals surface area (Å²) >= 11 is 0. The normalized spacial score (nSPS) is 11.6. The van der Waals surface area contributed by atoms with Gasteiger partial charge in [0, 0.05) is 24.8 Å². The maximum Gasteiger partial charge on any atom is 0.142 e. The van der Waals surface area contributed by atoms with Crippen molar-refractivity contribution in [1.82, 2.24) is 24.9 Å². The van der Waals surface area contributed by atoms with E-state index >= 15 is 0 Å². The van der Waals surface area contributed by atoms with Crippen molar-refractivity contribution < 1.29 is 0 Å². The molecule has 0 saturated heterocycles. The zero-order valence-corrected chi connectivity index (χ0v) is 32.8. The second kappa shape index (κ2) is 18.7. The van der Waals surface area contributed by atoms with E-state index in [0.29, 0.717) is 23.7 Å². The average molecular weight is 698 g/mol. The third-order valence-electron chi connectivity index (χ3n) is 9.38. The lowest BCUT2D eigenvalue weighted by molar-refractivity contribution is 0.586. The summed E-state index contributed by atoms with van der Waals surface area (Å²) in [5.74, 6) is 7.13. The van der Waals surface area contributed by atoms with Gasteiger partial charge in [-0.25, -0.2) is 24.9 Å². The summed E-state index contributed by atoms with van der Waals surface area (Å²) in [6, 6.07) is 23.4. The predicted molar refractivity (Wildman–Crippen MR) is 217 cm³/mol. The second-order valence-corrected chi connectivity index (χ2v) is 15.8. The van der Waals surface area contributed by atoms with E-state index in [-0.39, 0.29) is 0 Å². The Morgan fingerprint density at radius 3 is 0.904 bits per heavy atom. The smallest absolute Gasteiger partial charge is 0.142 e. The molecule has 0 atom stereocenters. The van der Waals surface area contributed by atoms with E-state index in [1.807, 2.05) is 36.9 Å². The Balaban J connectivity index is 1.64. The molecule has 0 fully saturated rings. The van der Waals surface area contributed by atoms with E-state index in [1.165, 1.54) is 22.3 Å². The van der Waals surface area contributed by atoms with Crippen LogP contribution in [-0.4, -0.2) is 24.9 Å². The van der Waals surface area contributed by atoms with E-state index in [1.54, 1.807) is 0 Å². The van der Waals surface area contributed by atoms with E-state index in [9.17, 15) is 0 Å². The Labute approximate surface area is 313 Å². The summed E-state index contributed by atoms with van der Waals surface area (Å²) in [6.45, 7) is 18.2. The van der Waals surface area contributed by atoms with Gasteiger partial charge in [-0.15, -0.1) is 0 Å². The van der Waals surface area contributed by atoms with E-state index in [0.717, 1.165) is 86.3 Å². The predicted octanol–water partition coefficient (Wildman–Crippen LogP) is 12.0. The molecule has 0 bridgehead atoms.